The monoisotopic (exact) mass is 291 g/mol. The van der Waals surface area contributed by atoms with E-state index >= 15 is 0 Å². The molecule has 2 heteroatoms. The molecule has 1 unspecified atom stereocenters. The second kappa shape index (κ2) is 5.05. The Balaban J connectivity index is 1.82. The van der Waals surface area contributed by atoms with E-state index in [0.29, 0.717) is 5.92 Å². The number of hydrogen-bond donors (Lipinski definition) is 1. The van der Waals surface area contributed by atoms with Crippen molar-refractivity contribution in [1.82, 2.24) is 0 Å². The molecule has 1 nitrogen and oxygen atoms in total. The van der Waals surface area contributed by atoms with Crippen LogP contribution in [0.4, 0.5) is 5.69 Å². The van der Waals surface area contributed by atoms with Gasteiger partial charge in [0, 0.05) is 10.6 Å². The van der Waals surface area contributed by atoms with Gasteiger partial charge in [0.2, 0.25) is 0 Å². The molecule has 1 aromatic heterocycles. The van der Waals surface area contributed by atoms with Crippen molar-refractivity contribution in [3.63, 3.8) is 0 Å². The van der Waals surface area contributed by atoms with Gasteiger partial charge in [-0.2, -0.15) is 0 Å². The molecule has 1 aliphatic rings. The molecule has 1 aliphatic carbocycles. The molecule has 3 aromatic rings. The highest BCUT2D eigenvalue weighted by Gasteiger charge is 2.23. The zero-order valence-electron chi connectivity index (χ0n) is 11.8. The molecule has 104 valence electrons. The van der Waals surface area contributed by atoms with Crippen LogP contribution in [0, 0.1) is 0 Å². The van der Waals surface area contributed by atoms with Gasteiger partial charge in [-0.05, 0) is 47.4 Å². The predicted octanol–water partition coefficient (Wildman–Crippen LogP) is 5.23. The summed E-state index contributed by atoms with van der Waals surface area (Å²) >= 11 is 1.83. The Morgan fingerprint density at radius 2 is 1.90 bits per heavy atom. The smallest absolute Gasteiger partial charge is 0.0581 e. The van der Waals surface area contributed by atoms with Crippen LogP contribution in [-0.2, 0) is 6.42 Å². The molecule has 0 saturated carbocycles. The lowest BCUT2D eigenvalue weighted by Crippen LogP contribution is -2.05. The lowest BCUT2D eigenvalue weighted by Gasteiger charge is -2.19. The van der Waals surface area contributed by atoms with Gasteiger partial charge in [-0.25, -0.2) is 0 Å². The van der Waals surface area contributed by atoms with Crippen LogP contribution in [-0.4, -0.2) is 0 Å². The van der Waals surface area contributed by atoms with Crippen molar-refractivity contribution < 1.29 is 0 Å². The molecule has 21 heavy (non-hydrogen) atoms. The molecule has 0 spiro atoms. The van der Waals surface area contributed by atoms with Gasteiger partial charge in [-0.3, -0.25) is 0 Å². The minimum Gasteiger partial charge on any atom is -0.398 e. The Morgan fingerprint density at radius 1 is 1.05 bits per heavy atom. The van der Waals surface area contributed by atoms with Crippen LogP contribution in [0.15, 0.2) is 54.6 Å². The lowest BCUT2D eigenvalue weighted by molar-refractivity contribution is 0.697. The zero-order valence-corrected chi connectivity index (χ0v) is 12.6. The van der Waals surface area contributed by atoms with Crippen LogP contribution in [0.3, 0.4) is 0 Å². The molecule has 0 radical (unpaired) electrons. The normalized spacial score (nSPS) is 17.0. The van der Waals surface area contributed by atoms with Gasteiger partial charge in [0.15, 0.2) is 0 Å². The molecule has 4 rings (SSSR count). The number of benzene rings is 2. The first-order valence-electron chi connectivity index (χ1n) is 7.34. The lowest BCUT2D eigenvalue weighted by atomic mass is 9.85. The Kier molecular flexibility index (Phi) is 3.04. The molecule has 0 fully saturated rings. The summed E-state index contributed by atoms with van der Waals surface area (Å²) in [5.41, 5.74) is 9.96. The van der Waals surface area contributed by atoms with Crippen LogP contribution < -0.4 is 5.73 Å². The average molecular weight is 291 g/mol. The molecule has 0 aliphatic heterocycles. The number of rotatable bonds is 2. The van der Waals surface area contributed by atoms with Crippen molar-refractivity contribution in [2.75, 3.05) is 5.73 Å². The summed E-state index contributed by atoms with van der Waals surface area (Å²) in [6.07, 6.45) is 6.78. The second-order valence-corrected chi connectivity index (χ2v) is 6.68. The standard InChI is InChI=1S/C19H17NS/c20-16-10-5-9-15-18-14(12-13-6-2-1-3-7-13)8-4-11-17(18)21-19(15)16/h1-7,9-11,14H,8,12,20H2. The first-order chi connectivity index (χ1) is 10.3. The molecular weight excluding hydrogens is 274 g/mol. The third-order valence-corrected chi connectivity index (χ3v) is 5.47. The van der Waals surface area contributed by atoms with Gasteiger partial charge < -0.3 is 5.73 Å². The maximum Gasteiger partial charge on any atom is 0.0581 e. The summed E-state index contributed by atoms with van der Waals surface area (Å²) in [6.45, 7) is 0. The number of nitrogens with two attached hydrogens (primary N) is 1. The number of allylic oxidation sites excluding steroid dienone is 1. The van der Waals surface area contributed by atoms with Gasteiger partial charge in [0.25, 0.3) is 0 Å². The van der Waals surface area contributed by atoms with E-state index in [9.17, 15) is 0 Å². The topological polar surface area (TPSA) is 26.0 Å². The van der Waals surface area contributed by atoms with Crippen LogP contribution in [0.2, 0.25) is 0 Å². The fourth-order valence-electron chi connectivity index (χ4n) is 3.26. The van der Waals surface area contributed by atoms with Crippen molar-refractivity contribution in [3.8, 4) is 0 Å². The van der Waals surface area contributed by atoms with Crippen LogP contribution in [0.25, 0.3) is 16.2 Å². The number of anilines is 1. The number of nitrogen functional groups attached to an aromatic ring is 1. The molecule has 0 saturated heterocycles. The molecule has 1 heterocycles. The molecule has 1 atom stereocenters. The summed E-state index contributed by atoms with van der Waals surface area (Å²) in [7, 11) is 0. The van der Waals surface area contributed by atoms with Crippen molar-refractivity contribution in [2.45, 2.75) is 18.8 Å². The maximum absolute atomic E-state index is 6.15. The van der Waals surface area contributed by atoms with Crippen molar-refractivity contribution in [1.29, 1.82) is 0 Å². The SMILES string of the molecule is Nc1cccc2c3c(sc12)C=CCC3Cc1ccccc1. The quantitative estimate of drug-likeness (QED) is 0.643. The fourth-order valence-corrected chi connectivity index (χ4v) is 4.51. The van der Waals surface area contributed by atoms with E-state index in [-0.39, 0.29) is 0 Å². The highest BCUT2D eigenvalue weighted by atomic mass is 32.1. The summed E-state index contributed by atoms with van der Waals surface area (Å²) in [5.74, 6) is 0.558. The number of fused-ring (bicyclic) bond motifs is 3. The zero-order chi connectivity index (χ0) is 14.2. The summed E-state index contributed by atoms with van der Waals surface area (Å²) in [6, 6.07) is 17.1. The number of thiophene rings is 1. The van der Waals surface area contributed by atoms with Crippen LogP contribution >= 0.6 is 11.3 Å². The Hall–Kier alpha value is -2.06. The first kappa shape index (κ1) is 12.7. The minimum absolute atomic E-state index is 0.558. The Morgan fingerprint density at radius 3 is 2.76 bits per heavy atom. The van der Waals surface area contributed by atoms with Gasteiger partial charge in [-0.1, -0.05) is 48.5 Å². The molecule has 2 aromatic carbocycles. The van der Waals surface area contributed by atoms with E-state index in [1.54, 1.807) is 0 Å². The van der Waals surface area contributed by atoms with Gasteiger partial charge >= 0.3 is 0 Å². The largest absolute Gasteiger partial charge is 0.398 e. The summed E-state index contributed by atoms with van der Waals surface area (Å²) in [5, 5.41) is 1.35. The van der Waals surface area contributed by atoms with E-state index < -0.39 is 0 Å². The van der Waals surface area contributed by atoms with Crippen molar-refractivity contribution in [2.24, 2.45) is 0 Å². The van der Waals surface area contributed by atoms with E-state index in [4.69, 9.17) is 5.73 Å². The molecule has 0 amide bonds. The third kappa shape index (κ3) is 2.16. The minimum atomic E-state index is 0.558. The Bertz CT molecular complexity index is 814. The van der Waals surface area contributed by atoms with Gasteiger partial charge in [0.1, 0.15) is 0 Å². The van der Waals surface area contributed by atoms with E-state index in [2.05, 4.69) is 54.6 Å². The Labute approximate surface area is 128 Å². The van der Waals surface area contributed by atoms with Crippen molar-refractivity contribution in [3.05, 3.63) is 70.6 Å². The van der Waals surface area contributed by atoms with Crippen LogP contribution in [0.5, 0.6) is 0 Å². The van der Waals surface area contributed by atoms with Crippen molar-refractivity contribution >= 4 is 33.2 Å². The predicted molar refractivity (Wildman–Crippen MR) is 92.8 cm³/mol. The molecule has 0 bridgehead atoms. The van der Waals surface area contributed by atoms with Gasteiger partial charge in [0.05, 0.1) is 4.70 Å². The first-order valence-corrected chi connectivity index (χ1v) is 8.16. The highest BCUT2D eigenvalue weighted by molar-refractivity contribution is 7.20. The summed E-state index contributed by atoms with van der Waals surface area (Å²) < 4.78 is 1.24. The van der Waals surface area contributed by atoms with E-state index in [1.807, 2.05) is 17.4 Å². The maximum atomic E-state index is 6.15. The second-order valence-electron chi connectivity index (χ2n) is 5.63. The summed E-state index contributed by atoms with van der Waals surface area (Å²) in [4.78, 5) is 1.38. The molecule has 2 N–H and O–H groups in total. The van der Waals surface area contributed by atoms with E-state index in [0.717, 1.165) is 18.5 Å². The fraction of sp³-hybridized carbons (Fsp3) is 0.158. The molecular formula is C19H17NS. The third-order valence-electron chi connectivity index (χ3n) is 4.24. The highest BCUT2D eigenvalue weighted by Crippen LogP contribution is 2.44. The van der Waals surface area contributed by atoms with E-state index in [1.165, 1.54) is 26.1 Å². The van der Waals surface area contributed by atoms with Crippen LogP contribution in [0.1, 0.15) is 28.3 Å². The average Bonchev–Trinajstić information content (AvgIpc) is 2.90. The van der Waals surface area contributed by atoms with Gasteiger partial charge in [-0.15, -0.1) is 11.3 Å². The number of hydrogen-bond acceptors (Lipinski definition) is 2.